The van der Waals surface area contributed by atoms with Gasteiger partial charge in [-0.05, 0) is 30.2 Å². The van der Waals surface area contributed by atoms with Crippen LogP contribution in [0.4, 0.5) is 0 Å². The Bertz CT molecular complexity index is 593. The van der Waals surface area contributed by atoms with Crippen LogP contribution in [-0.4, -0.2) is 17.4 Å². The molecule has 19 heavy (non-hydrogen) atoms. The van der Waals surface area contributed by atoms with Crippen molar-refractivity contribution in [1.82, 2.24) is 4.98 Å². The summed E-state index contributed by atoms with van der Waals surface area (Å²) in [5.41, 5.74) is 3.11. The van der Waals surface area contributed by atoms with Crippen molar-refractivity contribution >= 4 is 5.78 Å². The van der Waals surface area contributed by atoms with E-state index in [0.717, 1.165) is 29.7 Å². The van der Waals surface area contributed by atoms with Crippen LogP contribution in [0.2, 0.25) is 0 Å². The zero-order valence-electron chi connectivity index (χ0n) is 10.6. The molecule has 1 heterocycles. The summed E-state index contributed by atoms with van der Waals surface area (Å²) in [7, 11) is 0. The molecule has 0 unspecified atom stereocenters. The highest BCUT2D eigenvalue weighted by atomic mass is 16.5. The Balaban J connectivity index is 1.67. The number of carbonyl (C=O) groups excluding carboxylic acids is 1. The molecule has 1 aromatic carbocycles. The number of fused-ring (bicyclic) bond motifs is 1. The first kappa shape index (κ1) is 11.9. The number of Topliss-reactive ketones (excluding diaryl/α,β-unsaturated/α-hetero) is 1. The van der Waals surface area contributed by atoms with Crippen LogP contribution in [0.1, 0.15) is 27.9 Å². The molecule has 0 radical (unpaired) electrons. The van der Waals surface area contributed by atoms with Crippen molar-refractivity contribution in [2.75, 3.05) is 6.61 Å². The van der Waals surface area contributed by atoms with Crippen LogP contribution in [0.25, 0.3) is 0 Å². The molecule has 1 aliphatic rings. The summed E-state index contributed by atoms with van der Waals surface area (Å²) in [5.74, 6) is 1.09. The van der Waals surface area contributed by atoms with E-state index in [-0.39, 0.29) is 5.78 Å². The van der Waals surface area contributed by atoms with Crippen LogP contribution >= 0.6 is 0 Å². The molecule has 0 saturated heterocycles. The van der Waals surface area contributed by atoms with Crippen molar-refractivity contribution in [3.05, 3.63) is 59.4 Å². The maximum absolute atomic E-state index is 11.7. The molecule has 0 atom stereocenters. The van der Waals surface area contributed by atoms with Crippen LogP contribution in [0, 0.1) is 0 Å². The van der Waals surface area contributed by atoms with Crippen LogP contribution in [-0.2, 0) is 12.8 Å². The van der Waals surface area contributed by atoms with E-state index in [4.69, 9.17) is 4.74 Å². The van der Waals surface area contributed by atoms with Crippen molar-refractivity contribution in [3.63, 3.8) is 0 Å². The van der Waals surface area contributed by atoms with E-state index in [9.17, 15) is 4.79 Å². The molecule has 3 nitrogen and oxygen atoms in total. The average molecular weight is 253 g/mol. The van der Waals surface area contributed by atoms with Gasteiger partial charge < -0.3 is 4.74 Å². The average Bonchev–Trinajstić information content (AvgIpc) is 2.83. The van der Waals surface area contributed by atoms with Gasteiger partial charge in [0.1, 0.15) is 5.75 Å². The fourth-order valence-corrected chi connectivity index (χ4v) is 2.42. The van der Waals surface area contributed by atoms with Gasteiger partial charge in [0.25, 0.3) is 0 Å². The number of ether oxygens (including phenoxy) is 1. The number of ketones is 1. The molecule has 0 bridgehead atoms. The van der Waals surface area contributed by atoms with Crippen molar-refractivity contribution in [1.29, 1.82) is 0 Å². The van der Waals surface area contributed by atoms with Crippen LogP contribution < -0.4 is 4.74 Å². The molecular formula is C16H15NO2. The predicted octanol–water partition coefficient (Wildman–Crippen LogP) is 2.83. The normalized spacial score (nSPS) is 13.4. The van der Waals surface area contributed by atoms with Gasteiger partial charge >= 0.3 is 0 Å². The zero-order chi connectivity index (χ0) is 13.1. The molecule has 0 fully saturated rings. The third-order valence-corrected chi connectivity index (χ3v) is 3.43. The Morgan fingerprint density at radius 2 is 1.95 bits per heavy atom. The number of benzene rings is 1. The van der Waals surface area contributed by atoms with Crippen LogP contribution in [0.5, 0.6) is 5.75 Å². The molecule has 0 amide bonds. The lowest BCUT2D eigenvalue weighted by atomic mass is 10.1. The Labute approximate surface area is 112 Å². The zero-order valence-corrected chi connectivity index (χ0v) is 10.6. The minimum absolute atomic E-state index is 0.231. The summed E-state index contributed by atoms with van der Waals surface area (Å²) in [6, 6.07) is 9.71. The maximum Gasteiger partial charge on any atom is 0.163 e. The second kappa shape index (κ2) is 5.22. The maximum atomic E-state index is 11.7. The lowest BCUT2D eigenvalue weighted by Gasteiger charge is -2.10. The molecule has 3 heteroatoms. The van der Waals surface area contributed by atoms with Crippen molar-refractivity contribution in [2.24, 2.45) is 0 Å². The second-order valence-corrected chi connectivity index (χ2v) is 4.66. The van der Waals surface area contributed by atoms with Gasteiger partial charge in [0, 0.05) is 36.4 Å². The molecule has 1 aliphatic carbocycles. The highest BCUT2D eigenvalue weighted by molar-refractivity contribution is 6.01. The molecule has 2 aromatic rings. The van der Waals surface area contributed by atoms with Gasteiger partial charge in [-0.2, -0.15) is 0 Å². The fourth-order valence-electron chi connectivity index (χ4n) is 2.42. The third-order valence-electron chi connectivity index (χ3n) is 3.43. The number of aromatic nitrogens is 1. The van der Waals surface area contributed by atoms with Gasteiger partial charge in [0.2, 0.25) is 0 Å². The molecular weight excluding hydrogens is 238 g/mol. The van der Waals surface area contributed by atoms with Crippen LogP contribution in [0.15, 0.2) is 42.7 Å². The summed E-state index contributed by atoms with van der Waals surface area (Å²) < 4.78 is 5.83. The van der Waals surface area contributed by atoms with Gasteiger partial charge in [0.05, 0.1) is 6.61 Å². The predicted molar refractivity (Wildman–Crippen MR) is 72.5 cm³/mol. The van der Waals surface area contributed by atoms with Crippen molar-refractivity contribution in [2.45, 2.75) is 19.3 Å². The van der Waals surface area contributed by atoms with Gasteiger partial charge in [-0.3, -0.25) is 9.78 Å². The number of carbonyl (C=O) groups is 1. The lowest BCUT2D eigenvalue weighted by molar-refractivity contribution is 0.0994. The topological polar surface area (TPSA) is 39.2 Å². The van der Waals surface area contributed by atoms with Gasteiger partial charge in [-0.15, -0.1) is 0 Å². The largest absolute Gasteiger partial charge is 0.493 e. The van der Waals surface area contributed by atoms with E-state index < -0.39 is 0 Å². The van der Waals surface area contributed by atoms with E-state index in [2.05, 4.69) is 4.98 Å². The van der Waals surface area contributed by atoms with Crippen LogP contribution in [0.3, 0.4) is 0 Å². The second-order valence-electron chi connectivity index (χ2n) is 4.66. The molecule has 96 valence electrons. The van der Waals surface area contributed by atoms with Gasteiger partial charge in [0.15, 0.2) is 5.78 Å². The first-order valence-corrected chi connectivity index (χ1v) is 6.51. The van der Waals surface area contributed by atoms with E-state index in [0.29, 0.717) is 13.0 Å². The van der Waals surface area contributed by atoms with Gasteiger partial charge in [-0.25, -0.2) is 0 Å². The number of nitrogens with zero attached hydrogens (tertiary/aromatic N) is 1. The van der Waals surface area contributed by atoms with E-state index in [1.807, 2.05) is 30.3 Å². The highest BCUT2D eigenvalue weighted by Gasteiger charge is 2.22. The Hall–Kier alpha value is -2.16. The van der Waals surface area contributed by atoms with E-state index in [1.165, 1.54) is 5.56 Å². The van der Waals surface area contributed by atoms with E-state index >= 15 is 0 Å². The smallest absolute Gasteiger partial charge is 0.163 e. The summed E-state index contributed by atoms with van der Waals surface area (Å²) in [6.07, 6.45) is 5.84. The summed E-state index contributed by atoms with van der Waals surface area (Å²) in [4.78, 5) is 15.6. The minimum atomic E-state index is 0.231. The molecule has 1 aromatic heterocycles. The Morgan fingerprint density at radius 1 is 1.11 bits per heavy atom. The third kappa shape index (κ3) is 2.50. The minimum Gasteiger partial charge on any atom is -0.493 e. The van der Waals surface area contributed by atoms with E-state index in [1.54, 1.807) is 12.4 Å². The number of hydrogen-bond donors (Lipinski definition) is 0. The SMILES string of the molecule is O=C1CCc2c(OCCc3ccncc3)cccc21. The van der Waals surface area contributed by atoms with Crippen molar-refractivity contribution in [3.8, 4) is 5.75 Å². The Kier molecular flexibility index (Phi) is 3.27. The summed E-state index contributed by atoms with van der Waals surface area (Å²) >= 11 is 0. The molecule has 3 rings (SSSR count). The standard InChI is InChI=1S/C16H15NO2/c18-15-5-4-14-13(15)2-1-3-16(14)19-11-8-12-6-9-17-10-7-12/h1-3,6-7,9-10H,4-5,8,11H2. The quantitative estimate of drug-likeness (QED) is 0.841. The number of pyridine rings is 1. The number of hydrogen-bond acceptors (Lipinski definition) is 3. The lowest BCUT2D eigenvalue weighted by Crippen LogP contribution is -2.03. The van der Waals surface area contributed by atoms with Gasteiger partial charge in [-0.1, -0.05) is 12.1 Å². The first-order chi connectivity index (χ1) is 9.34. The van der Waals surface area contributed by atoms with Crippen molar-refractivity contribution < 1.29 is 9.53 Å². The molecule has 0 N–H and O–H groups in total. The summed E-state index contributed by atoms with van der Waals surface area (Å²) in [6.45, 7) is 0.620. The molecule has 0 saturated carbocycles. The monoisotopic (exact) mass is 253 g/mol. The first-order valence-electron chi connectivity index (χ1n) is 6.51. The molecule has 0 aliphatic heterocycles. The summed E-state index contributed by atoms with van der Waals surface area (Å²) in [5, 5.41) is 0. The fraction of sp³-hybridized carbons (Fsp3) is 0.250. The highest BCUT2D eigenvalue weighted by Crippen LogP contribution is 2.30. The number of rotatable bonds is 4. The molecule has 0 spiro atoms. The Morgan fingerprint density at radius 3 is 2.79 bits per heavy atom.